The van der Waals surface area contributed by atoms with Crippen LogP contribution in [0.3, 0.4) is 0 Å². The van der Waals surface area contributed by atoms with E-state index in [4.69, 9.17) is 14.2 Å². The van der Waals surface area contributed by atoms with E-state index in [2.05, 4.69) is 23.5 Å². The molecule has 0 radical (unpaired) electrons. The van der Waals surface area contributed by atoms with Crippen LogP contribution in [0.15, 0.2) is 133 Å². The number of hydrogen-bond acceptors (Lipinski definition) is 8. The standard InChI is InChI=1S/C41H41N3O7S/c1-6-10-22-32(8-3)44-40(48)33(24-28-23-31(17-7-2)38(34(25-28)49-5)51-26-36(46)50-9-4)39(47)43-41(44)52-27-35(45)42-37(29-18-13-11-14-19-29)30-20-15-12-16-21-30/h6-8,10-16,18-25,37H,1-2,9,17,26-27H2,3-5H3,(H,42,45)/b22-10-,32-8+,33-24+. The van der Waals surface area contributed by atoms with Gasteiger partial charge in [-0.2, -0.15) is 4.99 Å². The Morgan fingerprint density at radius 1 is 1.02 bits per heavy atom. The predicted molar refractivity (Wildman–Crippen MR) is 205 cm³/mol. The highest BCUT2D eigenvalue weighted by molar-refractivity contribution is 8.14. The lowest BCUT2D eigenvalue weighted by molar-refractivity contribution is -0.145. The number of rotatable bonds is 16. The van der Waals surface area contributed by atoms with E-state index in [1.54, 1.807) is 56.4 Å². The molecule has 0 saturated carbocycles. The van der Waals surface area contributed by atoms with Crippen molar-refractivity contribution in [2.45, 2.75) is 26.3 Å². The van der Waals surface area contributed by atoms with Gasteiger partial charge in [-0.3, -0.25) is 19.3 Å². The van der Waals surface area contributed by atoms with Crippen molar-refractivity contribution in [3.8, 4) is 11.5 Å². The fourth-order valence-corrected chi connectivity index (χ4v) is 6.09. The molecule has 0 unspecified atom stereocenters. The Hall–Kier alpha value is -5.94. The molecular weight excluding hydrogens is 679 g/mol. The molecule has 3 aromatic carbocycles. The van der Waals surface area contributed by atoms with Crippen LogP contribution in [0.1, 0.15) is 42.1 Å². The van der Waals surface area contributed by atoms with Crippen LogP contribution in [-0.2, 0) is 30.3 Å². The number of benzene rings is 3. The summed E-state index contributed by atoms with van der Waals surface area (Å²) in [5.41, 5.74) is 3.09. The molecule has 1 heterocycles. The van der Waals surface area contributed by atoms with E-state index < -0.39 is 23.8 Å². The summed E-state index contributed by atoms with van der Waals surface area (Å²) in [6.07, 6.45) is 9.99. The van der Waals surface area contributed by atoms with E-state index >= 15 is 0 Å². The van der Waals surface area contributed by atoms with Crippen molar-refractivity contribution in [2.24, 2.45) is 4.99 Å². The molecule has 0 aromatic heterocycles. The van der Waals surface area contributed by atoms with Crippen LogP contribution >= 0.6 is 11.8 Å². The number of carbonyl (C=O) groups excluding carboxylic acids is 4. The minimum Gasteiger partial charge on any atom is -0.493 e. The number of thioether (sulfide) groups is 1. The highest BCUT2D eigenvalue weighted by atomic mass is 32.2. The number of methoxy groups -OCH3 is 1. The number of carbonyl (C=O) groups is 4. The number of aliphatic imine (C=N–C) groups is 1. The summed E-state index contributed by atoms with van der Waals surface area (Å²) in [5, 5.41) is 3.14. The number of amidine groups is 1. The molecule has 0 fully saturated rings. The third-order valence-corrected chi connectivity index (χ3v) is 8.54. The zero-order valence-corrected chi connectivity index (χ0v) is 30.2. The van der Waals surface area contributed by atoms with E-state index in [0.717, 1.165) is 22.9 Å². The topological polar surface area (TPSA) is 124 Å². The Morgan fingerprint density at radius 2 is 1.69 bits per heavy atom. The predicted octanol–water partition coefficient (Wildman–Crippen LogP) is 6.76. The lowest BCUT2D eigenvalue weighted by Gasteiger charge is -2.28. The average Bonchev–Trinajstić information content (AvgIpc) is 3.15. The Bertz CT molecular complexity index is 1880. The largest absolute Gasteiger partial charge is 0.493 e. The molecule has 0 spiro atoms. The van der Waals surface area contributed by atoms with E-state index in [1.807, 2.05) is 60.7 Å². The molecule has 3 amide bonds. The van der Waals surface area contributed by atoms with Crippen molar-refractivity contribution in [1.29, 1.82) is 0 Å². The number of nitrogens with zero attached hydrogens (tertiary/aromatic N) is 2. The molecule has 10 nitrogen and oxygen atoms in total. The van der Waals surface area contributed by atoms with Crippen LogP contribution in [0.25, 0.3) is 6.08 Å². The number of allylic oxidation sites excluding steroid dienone is 5. The van der Waals surface area contributed by atoms with Crippen molar-refractivity contribution in [2.75, 3.05) is 26.1 Å². The lowest BCUT2D eigenvalue weighted by Crippen LogP contribution is -2.42. The van der Waals surface area contributed by atoms with Gasteiger partial charge in [0.2, 0.25) is 5.91 Å². The molecule has 0 atom stereocenters. The first-order valence-corrected chi connectivity index (χ1v) is 17.5. The van der Waals surface area contributed by atoms with E-state index in [0.29, 0.717) is 29.0 Å². The fraction of sp³-hybridized carbons (Fsp3) is 0.195. The quantitative estimate of drug-likeness (QED) is 0.0567. The highest BCUT2D eigenvalue weighted by Gasteiger charge is 2.35. The number of nitrogens with one attached hydrogen (secondary N) is 1. The normalized spacial score (nSPS) is 14.0. The monoisotopic (exact) mass is 719 g/mol. The van der Waals surface area contributed by atoms with Gasteiger partial charge in [0, 0.05) is 11.3 Å². The van der Waals surface area contributed by atoms with E-state index in [-0.39, 0.29) is 41.4 Å². The van der Waals surface area contributed by atoms with Crippen molar-refractivity contribution in [3.63, 3.8) is 0 Å². The third kappa shape index (κ3) is 10.1. The van der Waals surface area contributed by atoms with Crippen LogP contribution in [0.4, 0.5) is 0 Å². The number of esters is 1. The van der Waals surface area contributed by atoms with Crippen LogP contribution in [0.2, 0.25) is 0 Å². The molecule has 1 aliphatic rings. The summed E-state index contributed by atoms with van der Waals surface area (Å²) in [6, 6.07) is 22.1. The van der Waals surface area contributed by atoms with E-state index in [9.17, 15) is 19.2 Å². The maximum Gasteiger partial charge on any atom is 0.344 e. The summed E-state index contributed by atoms with van der Waals surface area (Å²) in [7, 11) is 1.44. The first-order chi connectivity index (χ1) is 25.2. The van der Waals surface area contributed by atoms with Crippen LogP contribution in [0, 0.1) is 0 Å². The van der Waals surface area contributed by atoms with E-state index in [1.165, 1.54) is 18.1 Å². The zero-order chi connectivity index (χ0) is 37.5. The first-order valence-electron chi connectivity index (χ1n) is 16.5. The fourth-order valence-electron chi connectivity index (χ4n) is 5.28. The van der Waals surface area contributed by atoms with Gasteiger partial charge in [0.1, 0.15) is 5.57 Å². The van der Waals surface area contributed by atoms with Crippen LogP contribution in [-0.4, -0.2) is 59.8 Å². The molecule has 268 valence electrons. The molecule has 11 heteroatoms. The smallest absolute Gasteiger partial charge is 0.344 e. The molecule has 0 aliphatic carbocycles. The van der Waals surface area contributed by atoms with Gasteiger partial charge in [-0.25, -0.2) is 4.79 Å². The van der Waals surface area contributed by atoms with Crippen LogP contribution < -0.4 is 14.8 Å². The Balaban J connectivity index is 1.66. The number of amides is 3. The second-order valence-electron chi connectivity index (χ2n) is 11.1. The maximum absolute atomic E-state index is 14.2. The summed E-state index contributed by atoms with van der Waals surface area (Å²) in [5.74, 6) is -1.80. The summed E-state index contributed by atoms with van der Waals surface area (Å²) >= 11 is 0.976. The molecule has 52 heavy (non-hydrogen) atoms. The highest BCUT2D eigenvalue weighted by Crippen LogP contribution is 2.35. The Labute approximate surface area is 308 Å². The van der Waals surface area contributed by atoms with Gasteiger partial charge < -0.3 is 19.5 Å². The van der Waals surface area contributed by atoms with Crippen molar-refractivity contribution < 1.29 is 33.4 Å². The zero-order valence-electron chi connectivity index (χ0n) is 29.4. The lowest BCUT2D eigenvalue weighted by atomic mass is 9.99. The van der Waals surface area contributed by atoms with Gasteiger partial charge in [0.25, 0.3) is 11.8 Å². The summed E-state index contributed by atoms with van der Waals surface area (Å²) in [4.78, 5) is 58.8. The maximum atomic E-state index is 14.2. The molecule has 4 rings (SSSR count). The van der Waals surface area contributed by atoms with Gasteiger partial charge >= 0.3 is 5.97 Å². The average molecular weight is 720 g/mol. The van der Waals surface area contributed by atoms with Gasteiger partial charge in [-0.15, -0.1) is 6.58 Å². The molecule has 0 bridgehead atoms. The number of ether oxygens (including phenoxy) is 3. The second-order valence-corrected chi connectivity index (χ2v) is 12.1. The summed E-state index contributed by atoms with van der Waals surface area (Å²) in [6.45, 7) is 10.9. The molecule has 1 aliphatic heterocycles. The van der Waals surface area contributed by atoms with Gasteiger partial charge in [0.05, 0.1) is 25.5 Å². The second kappa shape index (κ2) is 19.5. The van der Waals surface area contributed by atoms with Crippen molar-refractivity contribution in [3.05, 3.63) is 150 Å². The SMILES string of the molecule is C=C/C=C\C(=C/C)N1C(=O)/C(=C/c2cc(CC=C)c(OCC(=O)OCC)c(OC)c2)C(=O)N=C1SCC(=O)NC(c1ccccc1)c1ccccc1. The Morgan fingerprint density at radius 3 is 2.27 bits per heavy atom. The molecule has 1 N–H and O–H groups in total. The molecule has 0 saturated heterocycles. The molecular formula is C41H41N3O7S. The van der Waals surface area contributed by atoms with Crippen molar-refractivity contribution in [1.82, 2.24) is 10.2 Å². The minimum atomic E-state index is -0.773. The van der Waals surface area contributed by atoms with Crippen molar-refractivity contribution >= 4 is 46.7 Å². The van der Waals surface area contributed by atoms with Crippen LogP contribution in [0.5, 0.6) is 11.5 Å². The third-order valence-electron chi connectivity index (χ3n) is 7.60. The molecule has 3 aromatic rings. The first kappa shape index (κ1) is 38.9. The minimum absolute atomic E-state index is 0.0488. The summed E-state index contributed by atoms with van der Waals surface area (Å²) < 4.78 is 16.3. The van der Waals surface area contributed by atoms with Gasteiger partial charge in [0.15, 0.2) is 23.3 Å². The Kier molecular flexibility index (Phi) is 14.5. The van der Waals surface area contributed by atoms with Gasteiger partial charge in [-0.05, 0) is 61.2 Å². The van der Waals surface area contributed by atoms with Gasteiger partial charge in [-0.1, -0.05) is 103 Å². The number of hydrogen-bond donors (Lipinski definition) is 1.